The molecule has 0 bridgehead atoms. The minimum atomic E-state index is 0.319. The fourth-order valence-electron chi connectivity index (χ4n) is 0.896. The van der Waals surface area contributed by atoms with Crippen molar-refractivity contribution in [2.75, 3.05) is 6.61 Å². The van der Waals surface area contributed by atoms with Crippen LogP contribution < -0.4 is 0 Å². The first kappa shape index (κ1) is 11.0. The van der Waals surface area contributed by atoms with Gasteiger partial charge < -0.3 is 5.11 Å². The lowest BCUT2D eigenvalue weighted by atomic mass is 9.67. The van der Waals surface area contributed by atoms with Crippen LogP contribution in [0.1, 0.15) is 47.5 Å². The van der Waals surface area contributed by atoms with E-state index in [1.807, 2.05) is 0 Å². The molecule has 0 saturated heterocycles. The minimum absolute atomic E-state index is 0.319. The summed E-state index contributed by atoms with van der Waals surface area (Å²) in [5.74, 6) is 0. The van der Waals surface area contributed by atoms with Crippen molar-refractivity contribution in [1.29, 1.82) is 0 Å². The van der Waals surface area contributed by atoms with E-state index in [4.69, 9.17) is 5.11 Å². The van der Waals surface area contributed by atoms with Crippen molar-refractivity contribution in [2.24, 2.45) is 10.8 Å². The average molecular weight is 158 g/mol. The maximum atomic E-state index is 8.70. The summed E-state index contributed by atoms with van der Waals surface area (Å²) in [5, 5.41) is 8.70. The summed E-state index contributed by atoms with van der Waals surface area (Å²) >= 11 is 0. The molecule has 0 aliphatic carbocycles. The lowest BCUT2D eigenvalue weighted by Gasteiger charge is -2.39. The Balaban J connectivity index is 4.00. The molecule has 0 rings (SSSR count). The Kier molecular flexibility index (Phi) is 3.56. The highest BCUT2D eigenvalue weighted by atomic mass is 16.2. The predicted molar refractivity (Wildman–Crippen MR) is 49.6 cm³/mol. The predicted octanol–water partition coefficient (Wildman–Crippen LogP) is 2.83. The van der Waals surface area contributed by atoms with Crippen LogP contribution in [-0.2, 0) is 0 Å². The van der Waals surface area contributed by atoms with Gasteiger partial charge in [-0.1, -0.05) is 34.6 Å². The van der Waals surface area contributed by atoms with Crippen molar-refractivity contribution in [3.05, 3.63) is 0 Å². The summed E-state index contributed by atoms with van der Waals surface area (Å²) < 4.78 is 0. The summed E-state index contributed by atoms with van der Waals surface area (Å²) in [6.07, 6.45) is 2.03. The molecule has 0 unspecified atom stereocenters. The van der Waals surface area contributed by atoms with E-state index < -0.39 is 0 Å². The molecule has 0 aromatic carbocycles. The lowest BCUT2D eigenvalue weighted by molar-refractivity contribution is 0.107. The molecule has 0 aliphatic heterocycles. The molecule has 1 heteroatoms. The number of rotatable bonds is 3. The van der Waals surface area contributed by atoms with Gasteiger partial charge in [0.25, 0.3) is 0 Å². The molecule has 0 radical (unpaired) electrons. The zero-order valence-corrected chi connectivity index (χ0v) is 8.57. The Morgan fingerprint density at radius 1 is 1.00 bits per heavy atom. The molecule has 0 spiro atoms. The second-order valence-corrected chi connectivity index (χ2v) is 4.96. The molecule has 0 heterocycles. The number of aliphatic hydroxyl groups excluding tert-OH is 1. The summed E-state index contributed by atoms with van der Waals surface area (Å²) in [6.45, 7) is 11.6. The van der Waals surface area contributed by atoms with E-state index in [1.165, 1.54) is 0 Å². The Morgan fingerprint density at radius 2 is 1.45 bits per heavy atom. The molecule has 0 amide bonds. The van der Waals surface area contributed by atoms with Crippen LogP contribution >= 0.6 is 0 Å². The normalized spacial score (nSPS) is 13.6. The smallest absolute Gasteiger partial charge is 0.0431 e. The van der Waals surface area contributed by atoms with Gasteiger partial charge in [0.1, 0.15) is 0 Å². The molecule has 0 aromatic rings. The Bertz CT molecular complexity index is 109. The van der Waals surface area contributed by atoms with Crippen LogP contribution in [-0.4, -0.2) is 11.7 Å². The zero-order valence-electron chi connectivity index (χ0n) is 8.57. The lowest BCUT2D eigenvalue weighted by Crippen LogP contribution is -2.29. The van der Waals surface area contributed by atoms with Crippen LogP contribution in [0.15, 0.2) is 0 Å². The molecule has 0 fully saturated rings. The SMILES string of the molecule is CC(C)(C)C(C)(C)CCCO. The second kappa shape index (κ2) is 3.57. The van der Waals surface area contributed by atoms with Gasteiger partial charge in [0.15, 0.2) is 0 Å². The van der Waals surface area contributed by atoms with Crippen LogP contribution in [0.4, 0.5) is 0 Å². The Morgan fingerprint density at radius 3 is 1.73 bits per heavy atom. The molecule has 0 atom stereocenters. The van der Waals surface area contributed by atoms with Gasteiger partial charge in [-0.2, -0.15) is 0 Å². The molecule has 0 saturated carbocycles. The molecule has 11 heavy (non-hydrogen) atoms. The Hall–Kier alpha value is -0.0400. The largest absolute Gasteiger partial charge is 0.396 e. The van der Waals surface area contributed by atoms with Gasteiger partial charge in [-0.05, 0) is 23.7 Å². The van der Waals surface area contributed by atoms with Crippen LogP contribution in [0.2, 0.25) is 0 Å². The monoisotopic (exact) mass is 158 g/mol. The second-order valence-electron chi connectivity index (χ2n) is 4.96. The van der Waals surface area contributed by atoms with E-state index in [9.17, 15) is 0 Å². The topological polar surface area (TPSA) is 20.2 Å². The maximum Gasteiger partial charge on any atom is 0.0431 e. The number of hydrogen-bond acceptors (Lipinski definition) is 1. The van der Waals surface area contributed by atoms with Crippen LogP contribution in [0.25, 0.3) is 0 Å². The minimum Gasteiger partial charge on any atom is -0.396 e. The molecular formula is C10H22O. The first-order valence-electron chi connectivity index (χ1n) is 4.42. The van der Waals surface area contributed by atoms with E-state index in [0.717, 1.165) is 12.8 Å². The third-order valence-corrected chi connectivity index (χ3v) is 2.99. The van der Waals surface area contributed by atoms with E-state index >= 15 is 0 Å². The summed E-state index contributed by atoms with van der Waals surface area (Å²) in [5.41, 5.74) is 0.665. The van der Waals surface area contributed by atoms with Crippen LogP contribution in [0, 0.1) is 10.8 Å². The molecule has 1 N–H and O–H groups in total. The summed E-state index contributed by atoms with van der Waals surface area (Å²) in [4.78, 5) is 0. The van der Waals surface area contributed by atoms with Crippen molar-refractivity contribution in [3.8, 4) is 0 Å². The van der Waals surface area contributed by atoms with Gasteiger partial charge in [-0.25, -0.2) is 0 Å². The Labute approximate surface area is 70.8 Å². The van der Waals surface area contributed by atoms with E-state index in [-0.39, 0.29) is 0 Å². The molecule has 1 nitrogen and oxygen atoms in total. The third kappa shape index (κ3) is 3.24. The number of hydrogen-bond donors (Lipinski definition) is 1. The highest BCUT2D eigenvalue weighted by Crippen LogP contribution is 2.41. The molecule has 68 valence electrons. The van der Waals surface area contributed by atoms with Crippen molar-refractivity contribution >= 4 is 0 Å². The average Bonchev–Trinajstić information content (AvgIpc) is 1.81. The van der Waals surface area contributed by atoms with Gasteiger partial charge in [0.2, 0.25) is 0 Å². The van der Waals surface area contributed by atoms with Gasteiger partial charge in [0, 0.05) is 6.61 Å². The van der Waals surface area contributed by atoms with E-state index in [2.05, 4.69) is 34.6 Å². The fraction of sp³-hybridized carbons (Fsp3) is 1.00. The van der Waals surface area contributed by atoms with Gasteiger partial charge in [-0.3, -0.25) is 0 Å². The van der Waals surface area contributed by atoms with Gasteiger partial charge >= 0.3 is 0 Å². The van der Waals surface area contributed by atoms with Crippen LogP contribution in [0.5, 0.6) is 0 Å². The maximum absolute atomic E-state index is 8.70. The fourth-order valence-corrected chi connectivity index (χ4v) is 0.896. The van der Waals surface area contributed by atoms with Gasteiger partial charge in [-0.15, -0.1) is 0 Å². The number of aliphatic hydroxyl groups is 1. The zero-order chi connectivity index (χ0) is 9.12. The highest BCUT2D eigenvalue weighted by Gasteiger charge is 2.31. The highest BCUT2D eigenvalue weighted by molar-refractivity contribution is 4.81. The first-order chi connectivity index (χ1) is 4.81. The van der Waals surface area contributed by atoms with E-state index in [1.54, 1.807) is 0 Å². The summed E-state index contributed by atoms with van der Waals surface area (Å²) in [7, 11) is 0. The van der Waals surface area contributed by atoms with Gasteiger partial charge in [0.05, 0.1) is 0 Å². The van der Waals surface area contributed by atoms with E-state index in [0.29, 0.717) is 17.4 Å². The molecule has 0 aromatic heterocycles. The molecule has 0 aliphatic rings. The van der Waals surface area contributed by atoms with Crippen molar-refractivity contribution < 1.29 is 5.11 Å². The first-order valence-corrected chi connectivity index (χ1v) is 4.42. The van der Waals surface area contributed by atoms with Crippen molar-refractivity contribution in [3.63, 3.8) is 0 Å². The van der Waals surface area contributed by atoms with Crippen molar-refractivity contribution in [1.82, 2.24) is 0 Å². The summed E-state index contributed by atoms with van der Waals surface area (Å²) in [6, 6.07) is 0. The standard InChI is InChI=1S/C10H22O/c1-9(2,3)10(4,5)7-6-8-11/h11H,6-8H2,1-5H3. The van der Waals surface area contributed by atoms with Crippen LogP contribution in [0.3, 0.4) is 0 Å². The quantitative estimate of drug-likeness (QED) is 0.669. The molecular weight excluding hydrogens is 136 g/mol. The third-order valence-electron chi connectivity index (χ3n) is 2.99. The van der Waals surface area contributed by atoms with Crippen molar-refractivity contribution in [2.45, 2.75) is 47.5 Å².